The molecule has 11 heteroatoms. The minimum absolute atomic E-state index is 0.0186. The van der Waals surface area contributed by atoms with E-state index in [9.17, 15) is 29.4 Å². The molecule has 0 spiro atoms. The van der Waals surface area contributed by atoms with Gasteiger partial charge in [-0.25, -0.2) is 19.2 Å². The maximum absolute atomic E-state index is 11.7. The van der Waals surface area contributed by atoms with E-state index in [1.807, 2.05) is 24.3 Å². The normalized spacial score (nSPS) is 10.3. The van der Waals surface area contributed by atoms with E-state index in [-0.39, 0.29) is 44.9 Å². The molecule has 0 saturated carbocycles. The van der Waals surface area contributed by atoms with E-state index >= 15 is 0 Å². The number of rotatable bonds is 7. The summed E-state index contributed by atoms with van der Waals surface area (Å²) in [5, 5.41) is 53.4. The van der Waals surface area contributed by atoms with Gasteiger partial charge in [-0.3, -0.25) is 0 Å². The van der Waals surface area contributed by atoms with Crippen LogP contribution in [-0.2, 0) is 5.41 Å². The number of benzene rings is 5. The Morgan fingerprint density at radius 2 is 0.833 bits per heavy atom. The van der Waals surface area contributed by atoms with Gasteiger partial charge in [0.05, 0.1) is 22.3 Å². The van der Waals surface area contributed by atoms with Gasteiger partial charge in [0.2, 0.25) is 0 Å². The molecule has 0 aliphatic heterocycles. The smallest absolute Gasteiger partial charge is 0.343 e. The van der Waals surface area contributed by atoms with Crippen LogP contribution in [-0.4, -0.2) is 54.5 Å². The monoisotopic (exact) mass is 652 g/mol. The average molecular weight is 653 g/mol. The van der Waals surface area contributed by atoms with Crippen molar-refractivity contribution in [1.82, 2.24) is 0 Å². The minimum atomic E-state index is -1.13. The topological polar surface area (TPSA) is 199 Å². The highest BCUT2D eigenvalue weighted by Crippen LogP contribution is 2.33. The van der Waals surface area contributed by atoms with Crippen LogP contribution in [0, 0.1) is 0 Å². The van der Waals surface area contributed by atoms with Gasteiger partial charge in [-0.15, -0.1) is 0 Å². The van der Waals surface area contributed by atoms with Crippen LogP contribution in [0.15, 0.2) is 121 Å². The van der Waals surface area contributed by atoms with Crippen molar-refractivity contribution in [3.8, 4) is 23.0 Å². The zero-order chi connectivity index (χ0) is 35.4. The number of hydrogen-bond acceptors (Lipinski definition) is 8. The second-order valence-corrected chi connectivity index (χ2v) is 10.7. The van der Waals surface area contributed by atoms with E-state index in [0.717, 1.165) is 17.2 Å². The summed E-state index contributed by atoms with van der Waals surface area (Å²) >= 11 is 0. The van der Waals surface area contributed by atoms with Gasteiger partial charge in [-0.05, 0) is 102 Å². The Bertz CT molecular complexity index is 1780. The largest absolute Gasteiger partial charge is 0.508 e. The van der Waals surface area contributed by atoms with Crippen molar-refractivity contribution in [3.05, 3.63) is 155 Å². The first kappa shape index (κ1) is 35.9. The van der Waals surface area contributed by atoms with Gasteiger partial charge in [0.1, 0.15) is 23.0 Å². The van der Waals surface area contributed by atoms with Crippen LogP contribution in [0.3, 0.4) is 0 Å². The number of phenolic OH excluding ortho intramolecular Hbond substituents is 3. The van der Waals surface area contributed by atoms with Gasteiger partial charge in [0.25, 0.3) is 0 Å². The predicted octanol–water partition coefficient (Wildman–Crippen LogP) is 6.82. The fourth-order valence-electron chi connectivity index (χ4n) is 4.14. The number of carbonyl (C=O) groups excluding carboxylic acids is 1. The van der Waals surface area contributed by atoms with Crippen LogP contribution in [0.4, 0.5) is 0 Å². The van der Waals surface area contributed by atoms with Crippen LogP contribution in [0.5, 0.6) is 23.0 Å². The van der Waals surface area contributed by atoms with Crippen molar-refractivity contribution in [2.45, 2.75) is 19.3 Å². The van der Waals surface area contributed by atoms with Crippen LogP contribution < -0.4 is 4.74 Å². The maximum Gasteiger partial charge on any atom is 0.343 e. The second-order valence-electron chi connectivity index (χ2n) is 10.7. The molecule has 0 radical (unpaired) electrons. The van der Waals surface area contributed by atoms with Crippen molar-refractivity contribution in [2.75, 3.05) is 0 Å². The minimum Gasteiger partial charge on any atom is -0.508 e. The third kappa shape index (κ3) is 10.2. The van der Waals surface area contributed by atoms with Crippen LogP contribution >= 0.6 is 0 Å². The molecular formula is C37H32O11. The number of esters is 1. The Balaban J connectivity index is 0.000000200. The molecule has 5 aromatic carbocycles. The lowest BCUT2D eigenvalue weighted by Gasteiger charge is -2.26. The summed E-state index contributed by atoms with van der Waals surface area (Å²) in [6.07, 6.45) is 0. The van der Waals surface area contributed by atoms with E-state index < -0.39 is 23.9 Å². The standard InChI is InChI=1S/C15H16O2.C14H10O5.C8H6O4/c1-15(2,11-3-7-13(16)8-4-11)12-5-9-14(17)10-6-12;15-11-5-7-12(8-6-11)19-14(18)10-3-1-9(2-4-10)13(16)17;9-7(10)5-2-1-3-6(4-5)8(11)12/h3-10,16-17H,1-2H3;1-8,15H,(H,16,17);1-4H,(H,9,10)(H,11,12). The molecule has 0 aliphatic rings. The molecule has 11 nitrogen and oxygen atoms in total. The van der Waals surface area contributed by atoms with Gasteiger partial charge >= 0.3 is 23.9 Å². The maximum atomic E-state index is 11.7. The van der Waals surface area contributed by atoms with E-state index in [0.29, 0.717) is 5.75 Å². The number of aromatic carboxylic acids is 3. The zero-order valence-electron chi connectivity index (χ0n) is 25.8. The van der Waals surface area contributed by atoms with Gasteiger partial charge in [0.15, 0.2) is 0 Å². The first-order valence-corrected chi connectivity index (χ1v) is 14.2. The average Bonchev–Trinajstić information content (AvgIpc) is 3.07. The van der Waals surface area contributed by atoms with E-state index in [2.05, 4.69) is 13.8 Å². The number of carboxylic acids is 3. The molecule has 5 rings (SSSR count). The molecule has 0 fully saturated rings. The molecule has 48 heavy (non-hydrogen) atoms. The molecule has 246 valence electrons. The summed E-state index contributed by atoms with van der Waals surface area (Å²) in [5.41, 5.74) is 2.41. The summed E-state index contributed by atoms with van der Waals surface area (Å²) in [6.45, 7) is 4.23. The number of hydrogen-bond donors (Lipinski definition) is 6. The Hall–Kier alpha value is -6.62. The first-order valence-electron chi connectivity index (χ1n) is 14.2. The number of carboxylic acid groups (broad SMARTS) is 3. The molecule has 0 amide bonds. The quantitative estimate of drug-likeness (QED) is 0.0797. The molecule has 6 N–H and O–H groups in total. The lowest BCUT2D eigenvalue weighted by Crippen LogP contribution is -2.18. The van der Waals surface area contributed by atoms with Crippen LogP contribution in [0.1, 0.15) is 66.4 Å². The van der Waals surface area contributed by atoms with Gasteiger partial charge < -0.3 is 35.4 Å². The fourth-order valence-corrected chi connectivity index (χ4v) is 4.14. The van der Waals surface area contributed by atoms with Crippen molar-refractivity contribution in [2.24, 2.45) is 0 Å². The molecule has 0 heterocycles. The SMILES string of the molecule is CC(C)(c1ccc(O)cc1)c1ccc(O)cc1.O=C(O)c1ccc(C(=O)Oc2ccc(O)cc2)cc1.O=C(O)c1cccc(C(=O)O)c1. The van der Waals surface area contributed by atoms with Gasteiger partial charge in [-0.2, -0.15) is 0 Å². The van der Waals surface area contributed by atoms with Crippen molar-refractivity contribution in [3.63, 3.8) is 0 Å². The van der Waals surface area contributed by atoms with E-state index in [4.69, 9.17) is 25.2 Å². The second kappa shape index (κ2) is 16.1. The summed E-state index contributed by atoms with van der Waals surface area (Å²) < 4.78 is 5.06. The first-order chi connectivity index (χ1) is 22.7. The highest BCUT2D eigenvalue weighted by Gasteiger charge is 2.22. The number of aromatic hydroxyl groups is 3. The van der Waals surface area contributed by atoms with Crippen LogP contribution in [0.25, 0.3) is 0 Å². The van der Waals surface area contributed by atoms with Crippen molar-refractivity contribution >= 4 is 23.9 Å². The Morgan fingerprint density at radius 1 is 0.479 bits per heavy atom. The Labute approximate surface area is 275 Å². The number of ether oxygens (including phenoxy) is 1. The number of phenols is 3. The van der Waals surface area contributed by atoms with E-state index in [1.54, 1.807) is 24.3 Å². The summed E-state index contributed by atoms with van der Waals surface area (Å²) in [7, 11) is 0. The molecule has 0 aromatic heterocycles. The third-order valence-corrected chi connectivity index (χ3v) is 6.95. The molecule has 0 saturated heterocycles. The summed E-state index contributed by atoms with van der Waals surface area (Å²) in [4.78, 5) is 43.2. The molecule has 0 atom stereocenters. The molecule has 0 bridgehead atoms. The lowest BCUT2D eigenvalue weighted by atomic mass is 9.78. The van der Waals surface area contributed by atoms with E-state index in [1.165, 1.54) is 66.7 Å². The van der Waals surface area contributed by atoms with Gasteiger partial charge in [-0.1, -0.05) is 44.2 Å². The highest BCUT2D eigenvalue weighted by molar-refractivity contribution is 5.94. The van der Waals surface area contributed by atoms with Crippen LogP contribution in [0.2, 0.25) is 0 Å². The number of carbonyl (C=O) groups is 4. The predicted molar refractivity (Wildman–Crippen MR) is 175 cm³/mol. The fraction of sp³-hybridized carbons (Fsp3) is 0.0811. The summed E-state index contributed by atoms with van der Waals surface area (Å²) in [5.74, 6) is -2.99. The van der Waals surface area contributed by atoms with Gasteiger partial charge in [0, 0.05) is 5.41 Å². The molecule has 5 aromatic rings. The Morgan fingerprint density at radius 3 is 1.21 bits per heavy atom. The lowest BCUT2D eigenvalue weighted by molar-refractivity contribution is 0.0682. The van der Waals surface area contributed by atoms with Crippen molar-refractivity contribution in [1.29, 1.82) is 0 Å². The van der Waals surface area contributed by atoms with Crippen molar-refractivity contribution < 1.29 is 54.6 Å². The highest BCUT2D eigenvalue weighted by atomic mass is 16.5. The molecular weight excluding hydrogens is 620 g/mol. The third-order valence-electron chi connectivity index (χ3n) is 6.95. The molecule has 0 aliphatic carbocycles. The Kier molecular flexibility index (Phi) is 12.0. The summed E-state index contributed by atoms with van der Waals surface area (Å²) in [6, 6.07) is 30.8. The zero-order valence-corrected chi connectivity index (χ0v) is 25.8. The molecule has 0 unspecified atom stereocenters.